The Kier molecular flexibility index (Phi) is 5.39. The highest BCUT2D eigenvalue weighted by molar-refractivity contribution is 7.80. The largest absolute Gasteiger partial charge is 0.491 e. The lowest BCUT2D eigenvalue weighted by molar-refractivity contribution is 0.156. The van der Waals surface area contributed by atoms with Gasteiger partial charge < -0.3 is 9.68 Å². The average molecular weight is 238 g/mol. The lowest BCUT2D eigenvalue weighted by Crippen LogP contribution is -2.36. The second-order valence-electron chi connectivity index (χ2n) is 4.71. The van der Waals surface area contributed by atoms with E-state index in [1.54, 1.807) is 0 Å². The highest BCUT2D eigenvalue weighted by Gasteiger charge is 2.22. The van der Waals surface area contributed by atoms with Crippen LogP contribution in [0.2, 0.25) is 0 Å². The maximum Gasteiger partial charge on any atom is 0.491 e. The van der Waals surface area contributed by atoms with Crippen LogP contribution in [0.5, 0.6) is 0 Å². The molecule has 4 heteroatoms. The molecule has 0 aliphatic carbocycles. The van der Waals surface area contributed by atoms with Gasteiger partial charge in [-0.1, -0.05) is 44.2 Å². The van der Waals surface area contributed by atoms with Crippen LogP contribution >= 0.6 is 12.6 Å². The van der Waals surface area contributed by atoms with Gasteiger partial charge in [-0.2, -0.15) is 12.6 Å². The molecule has 0 heterocycles. The molecule has 1 N–H and O–H groups in total. The van der Waals surface area contributed by atoms with E-state index in [0.717, 1.165) is 17.6 Å². The van der Waals surface area contributed by atoms with Crippen molar-refractivity contribution in [1.29, 1.82) is 0 Å². The fraction of sp³-hybridized carbons (Fsp3) is 0.500. The zero-order valence-corrected chi connectivity index (χ0v) is 10.8. The Morgan fingerprint density at radius 2 is 1.94 bits per heavy atom. The van der Waals surface area contributed by atoms with E-state index in [2.05, 4.69) is 26.5 Å². The predicted molar refractivity (Wildman–Crippen MR) is 72.3 cm³/mol. The fourth-order valence-electron chi connectivity index (χ4n) is 1.39. The molecule has 0 saturated carbocycles. The minimum absolute atomic E-state index is 0.0531. The molecule has 1 aromatic rings. The van der Waals surface area contributed by atoms with Crippen LogP contribution in [0.25, 0.3) is 0 Å². The SMILES string of the molecule is CC(C)(CCS)COB(O)c1ccccc1. The molecule has 0 amide bonds. The molecule has 0 spiro atoms. The van der Waals surface area contributed by atoms with E-state index in [9.17, 15) is 5.02 Å². The third-order valence-electron chi connectivity index (χ3n) is 2.51. The first-order valence-electron chi connectivity index (χ1n) is 5.51. The number of hydrogen-bond donors (Lipinski definition) is 2. The Morgan fingerprint density at radius 1 is 1.31 bits per heavy atom. The molecular formula is C12H19BO2S. The molecule has 0 atom stereocenters. The Bertz CT molecular complexity index is 303. The lowest BCUT2D eigenvalue weighted by atomic mass is 9.79. The normalized spacial score (nSPS) is 11.5. The van der Waals surface area contributed by atoms with Gasteiger partial charge in [-0.3, -0.25) is 0 Å². The molecule has 0 aliphatic heterocycles. The van der Waals surface area contributed by atoms with Crippen LogP contribution < -0.4 is 5.46 Å². The Balaban J connectivity index is 2.44. The van der Waals surface area contributed by atoms with Crippen molar-refractivity contribution in [3.63, 3.8) is 0 Å². The van der Waals surface area contributed by atoms with Crippen molar-refractivity contribution in [3.8, 4) is 0 Å². The molecule has 1 aromatic carbocycles. The number of thiol groups is 1. The van der Waals surface area contributed by atoms with Gasteiger partial charge in [-0.15, -0.1) is 0 Å². The average Bonchev–Trinajstić information content (AvgIpc) is 2.27. The van der Waals surface area contributed by atoms with Crippen molar-refractivity contribution in [2.45, 2.75) is 20.3 Å². The minimum atomic E-state index is -0.833. The second kappa shape index (κ2) is 6.33. The maximum atomic E-state index is 9.81. The molecule has 0 bridgehead atoms. The maximum absolute atomic E-state index is 9.81. The van der Waals surface area contributed by atoms with Gasteiger partial charge in [0.15, 0.2) is 0 Å². The summed E-state index contributed by atoms with van der Waals surface area (Å²) >= 11 is 4.21. The minimum Gasteiger partial charge on any atom is -0.423 e. The van der Waals surface area contributed by atoms with E-state index in [1.165, 1.54) is 0 Å². The van der Waals surface area contributed by atoms with E-state index in [4.69, 9.17) is 4.65 Å². The van der Waals surface area contributed by atoms with Gasteiger partial charge in [0.2, 0.25) is 0 Å². The first kappa shape index (κ1) is 13.6. The zero-order chi connectivity index (χ0) is 12.0. The zero-order valence-electron chi connectivity index (χ0n) is 9.89. The van der Waals surface area contributed by atoms with E-state index in [0.29, 0.717) is 6.61 Å². The monoisotopic (exact) mass is 238 g/mol. The van der Waals surface area contributed by atoms with Crippen LogP contribution in [-0.2, 0) is 4.65 Å². The Labute approximate surface area is 104 Å². The van der Waals surface area contributed by atoms with Crippen molar-refractivity contribution in [2.24, 2.45) is 5.41 Å². The van der Waals surface area contributed by atoms with Crippen LogP contribution in [0, 0.1) is 5.41 Å². The number of benzene rings is 1. The van der Waals surface area contributed by atoms with E-state index in [1.807, 2.05) is 30.3 Å². The molecule has 0 fully saturated rings. The summed E-state index contributed by atoms with van der Waals surface area (Å²) < 4.78 is 5.47. The molecule has 16 heavy (non-hydrogen) atoms. The third-order valence-corrected chi connectivity index (χ3v) is 2.73. The summed E-state index contributed by atoms with van der Waals surface area (Å²) in [6.45, 7) is 4.76. The fourth-order valence-corrected chi connectivity index (χ4v) is 2.00. The summed E-state index contributed by atoms with van der Waals surface area (Å²) in [5.74, 6) is 0.831. The molecule has 0 radical (unpaired) electrons. The predicted octanol–water partition coefficient (Wildman–Crippen LogP) is 1.74. The highest BCUT2D eigenvalue weighted by Crippen LogP contribution is 2.21. The lowest BCUT2D eigenvalue weighted by Gasteiger charge is -2.24. The molecule has 0 aliphatic rings. The molecule has 88 valence electrons. The quantitative estimate of drug-likeness (QED) is 0.584. The van der Waals surface area contributed by atoms with Gasteiger partial charge in [0.1, 0.15) is 0 Å². The molecule has 0 aromatic heterocycles. The van der Waals surface area contributed by atoms with Crippen molar-refractivity contribution in [1.82, 2.24) is 0 Å². The number of rotatable bonds is 6. The summed E-state index contributed by atoms with van der Waals surface area (Å²) in [6, 6.07) is 9.41. The summed E-state index contributed by atoms with van der Waals surface area (Å²) in [5, 5.41) is 9.81. The van der Waals surface area contributed by atoms with Gasteiger partial charge in [-0.25, -0.2) is 0 Å². The topological polar surface area (TPSA) is 29.5 Å². The molecule has 2 nitrogen and oxygen atoms in total. The molecule has 0 saturated heterocycles. The first-order chi connectivity index (χ1) is 7.55. The first-order valence-corrected chi connectivity index (χ1v) is 6.14. The summed E-state index contributed by atoms with van der Waals surface area (Å²) in [7, 11) is -0.833. The Morgan fingerprint density at radius 3 is 2.50 bits per heavy atom. The van der Waals surface area contributed by atoms with Crippen molar-refractivity contribution in [3.05, 3.63) is 30.3 Å². The van der Waals surface area contributed by atoms with Crippen LogP contribution in [0.1, 0.15) is 20.3 Å². The van der Waals surface area contributed by atoms with Crippen LogP contribution in [0.15, 0.2) is 30.3 Å². The van der Waals surface area contributed by atoms with Crippen LogP contribution in [0.3, 0.4) is 0 Å². The number of hydrogen-bond acceptors (Lipinski definition) is 3. The van der Waals surface area contributed by atoms with Crippen molar-refractivity contribution >= 4 is 25.2 Å². The summed E-state index contributed by atoms with van der Waals surface area (Å²) in [4.78, 5) is 0. The van der Waals surface area contributed by atoms with Crippen molar-refractivity contribution < 1.29 is 9.68 Å². The van der Waals surface area contributed by atoms with Gasteiger partial charge in [0, 0.05) is 6.61 Å². The highest BCUT2D eigenvalue weighted by atomic mass is 32.1. The van der Waals surface area contributed by atoms with Gasteiger partial charge in [0.25, 0.3) is 0 Å². The summed E-state index contributed by atoms with van der Waals surface area (Å²) in [6.07, 6.45) is 0.970. The van der Waals surface area contributed by atoms with Crippen LogP contribution in [-0.4, -0.2) is 24.5 Å². The summed E-state index contributed by atoms with van der Waals surface area (Å²) in [5.41, 5.74) is 0.849. The smallest absolute Gasteiger partial charge is 0.423 e. The molecular weight excluding hydrogens is 219 g/mol. The van der Waals surface area contributed by atoms with Gasteiger partial charge >= 0.3 is 7.12 Å². The van der Waals surface area contributed by atoms with E-state index in [-0.39, 0.29) is 5.41 Å². The van der Waals surface area contributed by atoms with E-state index < -0.39 is 7.12 Å². The molecule has 0 unspecified atom stereocenters. The third kappa shape index (κ3) is 4.60. The molecule has 1 rings (SSSR count). The van der Waals surface area contributed by atoms with Gasteiger partial charge in [-0.05, 0) is 23.1 Å². The Hall–Kier alpha value is -0.445. The van der Waals surface area contributed by atoms with Crippen molar-refractivity contribution in [2.75, 3.05) is 12.4 Å². The second-order valence-corrected chi connectivity index (χ2v) is 5.16. The van der Waals surface area contributed by atoms with Gasteiger partial charge in [0.05, 0.1) is 0 Å². The standard InChI is InChI=1S/C12H19BO2S/c1-12(2,8-9-16)10-15-13(14)11-6-4-3-5-7-11/h3-7,14,16H,8-10H2,1-2H3. The van der Waals surface area contributed by atoms with E-state index >= 15 is 0 Å². The van der Waals surface area contributed by atoms with Crippen LogP contribution in [0.4, 0.5) is 0 Å².